The average Bonchev–Trinajstić information content (AvgIpc) is 3.22. The van der Waals surface area contributed by atoms with Gasteiger partial charge in [0.05, 0.1) is 13.7 Å². The van der Waals surface area contributed by atoms with E-state index in [1.54, 1.807) is 19.1 Å². The van der Waals surface area contributed by atoms with Crippen molar-refractivity contribution >= 4 is 5.91 Å². The Balaban J connectivity index is 1.65. The third-order valence-corrected chi connectivity index (χ3v) is 4.97. The molecule has 2 aromatic carbocycles. The number of aryl methyl sites for hydroxylation is 2. The van der Waals surface area contributed by atoms with Crippen LogP contribution in [0.5, 0.6) is 11.5 Å². The van der Waals surface area contributed by atoms with Gasteiger partial charge in [-0.05, 0) is 67.8 Å². The van der Waals surface area contributed by atoms with E-state index in [9.17, 15) is 4.79 Å². The fraction of sp³-hybridized carbons (Fsp3) is 0.348. The molecule has 3 aromatic rings. The van der Waals surface area contributed by atoms with E-state index in [0.29, 0.717) is 23.9 Å². The molecule has 0 aliphatic carbocycles. The van der Waals surface area contributed by atoms with E-state index < -0.39 is 6.10 Å². The highest BCUT2D eigenvalue weighted by Gasteiger charge is 2.24. The van der Waals surface area contributed by atoms with Gasteiger partial charge in [-0.1, -0.05) is 18.1 Å². The fourth-order valence-corrected chi connectivity index (χ4v) is 2.96. The van der Waals surface area contributed by atoms with E-state index in [4.69, 9.17) is 14.0 Å². The van der Waals surface area contributed by atoms with Gasteiger partial charge in [-0.25, -0.2) is 0 Å². The molecule has 0 radical (unpaired) electrons. The third-order valence-electron chi connectivity index (χ3n) is 4.97. The Hall–Kier alpha value is -3.35. The van der Waals surface area contributed by atoms with Crippen LogP contribution < -0.4 is 9.47 Å². The van der Waals surface area contributed by atoms with Crippen molar-refractivity contribution in [3.63, 3.8) is 0 Å². The summed E-state index contributed by atoms with van der Waals surface area (Å²) in [6.07, 6.45) is -0.0297. The quantitative estimate of drug-likeness (QED) is 0.555. The number of hydrogen-bond acceptors (Lipinski definition) is 6. The number of carbonyl (C=O) groups is 1. The highest BCUT2D eigenvalue weighted by atomic mass is 16.5. The number of amides is 1. The molecule has 0 aliphatic rings. The molecule has 30 heavy (non-hydrogen) atoms. The van der Waals surface area contributed by atoms with Gasteiger partial charge in [0.2, 0.25) is 11.7 Å². The van der Waals surface area contributed by atoms with Crippen molar-refractivity contribution in [3.05, 3.63) is 59.5 Å². The standard InChI is InChI=1S/C23H27N3O4/c1-6-20(29-19-10-7-15(2)16(3)13-19)23(27)26(4)14-21-24-22(25-30-21)17-8-11-18(28-5)12-9-17/h7-13,20H,6,14H2,1-5H3/t20-/m0/s1. The lowest BCUT2D eigenvalue weighted by Crippen LogP contribution is -2.39. The molecule has 1 atom stereocenters. The van der Waals surface area contributed by atoms with Crippen LogP contribution in [0.3, 0.4) is 0 Å². The first kappa shape index (κ1) is 21.4. The molecule has 0 spiro atoms. The van der Waals surface area contributed by atoms with Crippen LogP contribution in [-0.4, -0.2) is 41.2 Å². The number of carbonyl (C=O) groups excluding carboxylic acids is 1. The van der Waals surface area contributed by atoms with Crippen molar-refractivity contribution in [2.75, 3.05) is 14.2 Å². The summed E-state index contributed by atoms with van der Waals surface area (Å²) in [5.74, 6) is 2.12. The number of rotatable bonds is 8. The van der Waals surface area contributed by atoms with E-state index in [1.165, 1.54) is 5.56 Å². The highest BCUT2D eigenvalue weighted by Crippen LogP contribution is 2.21. The number of hydrogen-bond donors (Lipinski definition) is 0. The lowest BCUT2D eigenvalue weighted by molar-refractivity contribution is -0.138. The molecular weight excluding hydrogens is 382 g/mol. The Morgan fingerprint density at radius 3 is 2.43 bits per heavy atom. The number of benzene rings is 2. The maximum absolute atomic E-state index is 12.9. The monoisotopic (exact) mass is 409 g/mol. The van der Waals surface area contributed by atoms with Crippen molar-refractivity contribution in [3.8, 4) is 22.9 Å². The van der Waals surface area contributed by atoms with Gasteiger partial charge in [0.1, 0.15) is 11.5 Å². The summed E-state index contributed by atoms with van der Waals surface area (Å²) in [6.45, 7) is 6.19. The normalized spacial score (nSPS) is 11.8. The SMILES string of the molecule is CC[C@H](Oc1ccc(C)c(C)c1)C(=O)N(C)Cc1nc(-c2ccc(OC)cc2)no1. The van der Waals surface area contributed by atoms with Crippen LogP contribution in [0.4, 0.5) is 0 Å². The van der Waals surface area contributed by atoms with E-state index in [2.05, 4.69) is 10.1 Å². The predicted molar refractivity (Wildman–Crippen MR) is 113 cm³/mol. The molecule has 1 aromatic heterocycles. The molecule has 0 unspecified atom stereocenters. The summed E-state index contributed by atoms with van der Waals surface area (Å²) in [5, 5.41) is 4.01. The molecule has 0 fully saturated rings. The van der Waals surface area contributed by atoms with Crippen molar-refractivity contribution in [1.82, 2.24) is 15.0 Å². The molecule has 0 saturated carbocycles. The van der Waals surface area contributed by atoms with Gasteiger partial charge >= 0.3 is 0 Å². The summed E-state index contributed by atoms with van der Waals surface area (Å²) in [4.78, 5) is 18.8. The maximum atomic E-state index is 12.9. The van der Waals surface area contributed by atoms with Gasteiger partial charge < -0.3 is 18.9 Å². The molecule has 0 saturated heterocycles. The molecule has 3 rings (SSSR count). The summed E-state index contributed by atoms with van der Waals surface area (Å²) in [5.41, 5.74) is 3.12. The third kappa shape index (κ3) is 4.97. The zero-order chi connectivity index (χ0) is 21.7. The molecule has 7 nitrogen and oxygen atoms in total. The first-order valence-corrected chi connectivity index (χ1v) is 9.87. The average molecular weight is 409 g/mol. The Morgan fingerprint density at radius 1 is 1.10 bits per heavy atom. The summed E-state index contributed by atoms with van der Waals surface area (Å²) in [7, 11) is 3.31. The van der Waals surface area contributed by atoms with Crippen molar-refractivity contribution in [2.45, 2.75) is 39.8 Å². The van der Waals surface area contributed by atoms with Gasteiger partial charge in [-0.3, -0.25) is 4.79 Å². The number of ether oxygens (including phenoxy) is 2. The van der Waals surface area contributed by atoms with Crippen LogP contribution in [-0.2, 0) is 11.3 Å². The Bertz CT molecular complexity index is 998. The largest absolute Gasteiger partial charge is 0.497 e. The highest BCUT2D eigenvalue weighted by molar-refractivity contribution is 5.81. The molecule has 0 aliphatic heterocycles. The first-order valence-electron chi connectivity index (χ1n) is 9.87. The molecule has 7 heteroatoms. The van der Waals surface area contributed by atoms with Crippen molar-refractivity contribution in [1.29, 1.82) is 0 Å². The predicted octanol–water partition coefficient (Wildman–Crippen LogP) is 4.18. The Morgan fingerprint density at radius 2 is 1.80 bits per heavy atom. The Kier molecular flexibility index (Phi) is 6.72. The molecular formula is C23H27N3O4. The molecule has 0 bridgehead atoms. The van der Waals surface area contributed by atoms with Gasteiger partial charge in [0, 0.05) is 12.6 Å². The van der Waals surface area contributed by atoms with Gasteiger partial charge in [0.25, 0.3) is 5.91 Å². The molecule has 1 amide bonds. The van der Waals surface area contributed by atoms with Crippen LogP contribution in [0.25, 0.3) is 11.4 Å². The molecule has 1 heterocycles. The van der Waals surface area contributed by atoms with Crippen molar-refractivity contribution < 1.29 is 18.8 Å². The number of aromatic nitrogens is 2. The second kappa shape index (κ2) is 9.43. The van der Waals surface area contributed by atoms with E-state index in [1.807, 2.05) is 63.2 Å². The topological polar surface area (TPSA) is 77.7 Å². The zero-order valence-corrected chi connectivity index (χ0v) is 18.0. The second-order valence-electron chi connectivity index (χ2n) is 7.20. The van der Waals surface area contributed by atoms with E-state index in [-0.39, 0.29) is 12.5 Å². The lowest BCUT2D eigenvalue weighted by Gasteiger charge is -2.23. The Labute approximate surface area is 176 Å². The minimum atomic E-state index is -0.582. The van der Waals surface area contributed by atoms with Crippen molar-refractivity contribution in [2.24, 2.45) is 0 Å². The first-order chi connectivity index (χ1) is 14.4. The van der Waals surface area contributed by atoms with Crippen LogP contribution in [0, 0.1) is 13.8 Å². The summed E-state index contributed by atoms with van der Waals surface area (Å²) in [6, 6.07) is 13.2. The van der Waals surface area contributed by atoms with Crippen LogP contribution in [0.1, 0.15) is 30.4 Å². The van der Waals surface area contributed by atoms with Gasteiger partial charge in [-0.2, -0.15) is 4.98 Å². The van der Waals surface area contributed by atoms with E-state index in [0.717, 1.165) is 16.9 Å². The van der Waals surface area contributed by atoms with Crippen LogP contribution in [0.15, 0.2) is 47.0 Å². The van der Waals surface area contributed by atoms with Gasteiger partial charge in [0.15, 0.2) is 6.10 Å². The van der Waals surface area contributed by atoms with Crippen LogP contribution in [0.2, 0.25) is 0 Å². The second-order valence-corrected chi connectivity index (χ2v) is 7.20. The van der Waals surface area contributed by atoms with Crippen LogP contribution >= 0.6 is 0 Å². The maximum Gasteiger partial charge on any atom is 0.263 e. The number of methoxy groups -OCH3 is 1. The number of nitrogens with zero attached hydrogens (tertiary/aromatic N) is 3. The lowest BCUT2D eigenvalue weighted by atomic mass is 10.1. The minimum absolute atomic E-state index is 0.139. The minimum Gasteiger partial charge on any atom is -0.497 e. The summed E-state index contributed by atoms with van der Waals surface area (Å²) >= 11 is 0. The molecule has 0 N–H and O–H groups in total. The summed E-state index contributed by atoms with van der Waals surface area (Å²) < 4.78 is 16.4. The fourth-order valence-electron chi connectivity index (χ4n) is 2.96. The molecule has 158 valence electrons. The number of likely N-dealkylation sites (N-methyl/N-ethyl adjacent to an activating group) is 1. The smallest absolute Gasteiger partial charge is 0.263 e. The van der Waals surface area contributed by atoms with Gasteiger partial charge in [-0.15, -0.1) is 0 Å². The zero-order valence-electron chi connectivity index (χ0n) is 18.0. The van der Waals surface area contributed by atoms with E-state index >= 15 is 0 Å².